The van der Waals surface area contributed by atoms with Crippen LogP contribution in [-0.4, -0.2) is 21.9 Å². The molecule has 0 amide bonds. The van der Waals surface area contributed by atoms with E-state index in [0.29, 0.717) is 10.9 Å². The molecule has 0 saturated carbocycles. The largest absolute Gasteiger partial charge is 0.392 e. The first-order chi connectivity index (χ1) is 11.1. The highest BCUT2D eigenvalue weighted by Crippen LogP contribution is 2.12. The van der Waals surface area contributed by atoms with Crippen molar-refractivity contribution in [2.45, 2.75) is 21.7 Å². The third-order valence-corrected chi connectivity index (χ3v) is 5.26. The minimum Gasteiger partial charge on any atom is -0.392 e. The molecule has 24 heavy (non-hydrogen) atoms. The van der Waals surface area contributed by atoms with Crippen LogP contribution in [0.3, 0.4) is 0 Å². The van der Waals surface area contributed by atoms with E-state index in [2.05, 4.69) is 15.9 Å². The molecule has 7 nitrogen and oxygen atoms in total. The van der Waals surface area contributed by atoms with Gasteiger partial charge in [-0.1, -0.05) is 40.2 Å². The monoisotopic (exact) mass is 436 g/mol. The molecule has 0 bridgehead atoms. The van der Waals surface area contributed by atoms with Gasteiger partial charge >= 0.3 is 0 Å². The van der Waals surface area contributed by atoms with E-state index in [1.54, 1.807) is 18.2 Å². The van der Waals surface area contributed by atoms with Crippen LogP contribution in [0, 0.1) is 0 Å². The molecule has 0 heterocycles. The number of benzene rings is 2. The average Bonchev–Trinajstić information content (AvgIpc) is 2.54. The number of hydrogen-bond acceptors (Lipinski definition) is 5. The summed E-state index contributed by atoms with van der Waals surface area (Å²) in [7, 11) is -7.20. The number of alkyl halides is 1. The van der Waals surface area contributed by atoms with Crippen molar-refractivity contribution in [3.63, 3.8) is 0 Å². The molecule has 5 N–H and O–H groups in total. The quantitative estimate of drug-likeness (QED) is 0.614. The van der Waals surface area contributed by atoms with Gasteiger partial charge in [-0.25, -0.2) is 27.1 Å². The zero-order valence-electron chi connectivity index (χ0n) is 12.5. The van der Waals surface area contributed by atoms with Gasteiger partial charge in [-0.2, -0.15) is 0 Å². The van der Waals surface area contributed by atoms with Crippen LogP contribution in [0.2, 0.25) is 0 Å². The molecule has 0 spiro atoms. The number of hydrogen-bond donors (Lipinski definition) is 3. The highest BCUT2D eigenvalue weighted by Gasteiger charge is 2.07. The summed E-state index contributed by atoms with van der Waals surface area (Å²) < 4.78 is 43.3. The predicted octanol–water partition coefficient (Wildman–Crippen LogP) is 1.06. The molecule has 0 aliphatic carbocycles. The minimum absolute atomic E-state index is 0.0223. The van der Waals surface area contributed by atoms with Crippen molar-refractivity contribution in [2.75, 3.05) is 0 Å². The standard InChI is InChI=1S/C7H8BrNO2S.C7H9NO3S/c8-5-6-2-1-3-7(4-6)12(9,10)11;8-12(10,11)7-3-1-2-6(4-7)5-9/h1-4H,5H2,(H2,9,10,11);1-4,9H,5H2,(H2,8,10,11). The van der Waals surface area contributed by atoms with Crippen molar-refractivity contribution >= 4 is 36.0 Å². The highest BCUT2D eigenvalue weighted by molar-refractivity contribution is 9.08. The zero-order valence-corrected chi connectivity index (χ0v) is 15.7. The fourth-order valence-corrected chi connectivity index (χ4v) is 3.14. The van der Waals surface area contributed by atoms with Crippen LogP contribution in [0.5, 0.6) is 0 Å². The third-order valence-electron chi connectivity index (χ3n) is 2.79. The maximum absolute atomic E-state index is 10.9. The van der Waals surface area contributed by atoms with E-state index in [4.69, 9.17) is 15.4 Å². The first-order valence-corrected chi connectivity index (χ1v) is 10.7. The van der Waals surface area contributed by atoms with Gasteiger partial charge in [-0.05, 0) is 35.4 Å². The predicted molar refractivity (Wildman–Crippen MR) is 94.2 cm³/mol. The molecule has 0 aliphatic rings. The number of halogens is 1. The Bertz CT molecular complexity index is 823. The van der Waals surface area contributed by atoms with Gasteiger partial charge in [-0.15, -0.1) is 0 Å². The van der Waals surface area contributed by atoms with Gasteiger partial charge in [0.1, 0.15) is 0 Å². The summed E-state index contributed by atoms with van der Waals surface area (Å²) >= 11 is 3.22. The Morgan fingerprint density at radius 1 is 0.833 bits per heavy atom. The lowest BCUT2D eigenvalue weighted by atomic mass is 10.2. The Morgan fingerprint density at radius 2 is 1.25 bits per heavy atom. The van der Waals surface area contributed by atoms with Crippen molar-refractivity contribution in [2.24, 2.45) is 10.3 Å². The summed E-state index contributed by atoms with van der Waals surface area (Å²) in [6.45, 7) is -0.191. The van der Waals surface area contributed by atoms with Crippen molar-refractivity contribution in [1.29, 1.82) is 0 Å². The van der Waals surface area contributed by atoms with E-state index < -0.39 is 20.0 Å². The first kappa shape index (κ1) is 20.7. The molecule has 0 saturated heterocycles. The number of rotatable bonds is 4. The molecule has 0 unspecified atom stereocenters. The van der Waals surface area contributed by atoms with E-state index in [9.17, 15) is 16.8 Å². The van der Waals surface area contributed by atoms with Crippen LogP contribution in [0.4, 0.5) is 0 Å². The summed E-state index contributed by atoms with van der Waals surface area (Å²) in [6.07, 6.45) is 0. The number of aliphatic hydroxyl groups excluding tert-OH is 1. The summed E-state index contributed by atoms with van der Waals surface area (Å²) in [5.41, 5.74) is 1.42. The summed E-state index contributed by atoms with van der Waals surface area (Å²) in [5.74, 6) is 0. The molecule has 0 radical (unpaired) electrons. The van der Waals surface area contributed by atoms with Gasteiger partial charge in [0, 0.05) is 5.33 Å². The number of sulfonamides is 2. The smallest absolute Gasteiger partial charge is 0.238 e. The number of primary sulfonamides is 2. The topological polar surface area (TPSA) is 141 Å². The van der Waals surface area contributed by atoms with Crippen LogP contribution in [0.1, 0.15) is 11.1 Å². The summed E-state index contributed by atoms with van der Waals surface area (Å²) in [4.78, 5) is 0.175. The lowest BCUT2D eigenvalue weighted by molar-refractivity contribution is 0.281. The molecular formula is C14H17BrN2O5S2. The number of aliphatic hydroxyl groups is 1. The van der Waals surface area contributed by atoms with Crippen LogP contribution >= 0.6 is 15.9 Å². The Hall–Kier alpha value is -1.30. The van der Waals surface area contributed by atoms with Crippen molar-refractivity contribution in [3.05, 3.63) is 59.7 Å². The second-order valence-corrected chi connectivity index (χ2v) is 8.36. The fraction of sp³-hybridized carbons (Fsp3) is 0.143. The van der Waals surface area contributed by atoms with Gasteiger partial charge in [0.2, 0.25) is 20.0 Å². The molecule has 0 aliphatic heterocycles. The SMILES string of the molecule is NS(=O)(=O)c1cccc(CBr)c1.NS(=O)(=O)c1cccc(CO)c1. The molecule has 0 atom stereocenters. The Morgan fingerprint density at radius 3 is 1.62 bits per heavy atom. The second-order valence-electron chi connectivity index (χ2n) is 4.68. The van der Waals surface area contributed by atoms with Crippen molar-refractivity contribution < 1.29 is 21.9 Å². The van der Waals surface area contributed by atoms with Gasteiger partial charge < -0.3 is 5.11 Å². The Labute approximate surface area is 149 Å². The molecule has 2 aromatic carbocycles. The van der Waals surface area contributed by atoms with Crippen LogP contribution < -0.4 is 10.3 Å². The zero-order chi connectivity index (χ0) is 18.4. The van der Waals surface area contributed by atoms with Gasteiger partial charge in [0.25, 0.3) is 0 Å². The second kappa shape index (κ2) is 8.70. The van der Waals surface area contributed by atoms with Gasteiger partial charge in [0.15, 0.2) is 0 Å². The lowest BCUT2D eigenvalue weighted by Gasteiger charge is -1.99. The maximum Gasteiger partial charge on any atom is 0.238 e. The van der Waals surface area contributed by atoms with E-state index >= 15 is 0 Å². The van der Waals surface area contributed by atoms with Gasteiger partial charge in [-0.3, -0.25) is 0 Å². The molecular weight excluding hydrogens is 420 g/mol. The molecule has 132 valence electrons. The first-order valence-electron chi connectivity index (χ1n) is 6.48. The molecule has 2 aromatic rings. The Kier molecular flexibility index (Phi) is 7.52. The Balaban J connectivity index is 0.000000240. The molecule has 0 fully saturated rings. The summed E-state index contributed by atoms with van der Waals surface area (Å²) in [6, 6.07) is 12.4. The van der Waals surface area contributed by atoms with Crippen LogP contribution in [0.15, 0.2) is 58.3 Å². The van der Waals surface area contributed by atoms with E-state index in [1.165, 1.54) is 24.3 Å². The van der Waals surface area contributed by atoms with E-state index in [0.717, 1.165) is 5.56 Å². The fourth-order valence-electron chi connectivity index (χ4n) is 1.63. The van der Waals surface area contributed by atoms with Crippen LogP contribution in [0.25, 0.3) is 0 Å². The lowest BCUT2D eigenvalue weighted by Crippen LogP contribution is -2.12. The molecule has 0 aromatic heterocycles. The summed E-state index contributed by atoms with van der Waals surface area (Å²) in [5, 5.41) is 19.1. The molecule has 2 rings (SSSR count). The molecule has 10 heteroatoms. The van der Waals surface area contributed by atoms with E-state index in [-0.39, 0.29) is 16.4 Å². The average molecular weight is 437 g/mol. The van der Waals surface area contributed by atoms with Gasteiger partial charge in [0.05, 0.1) is 16.4 Å². The minimum atomic E-state index is -3.65. The van der Waals surface area contributed by atoms with Crippen LogP contribution in [-0.2, 0) is 32.0 Å². The van der Waals surface area contributed by atoms with Crippen molar-refractivity contribution in [1.82, 2.24) is 0 Å². The normalized spacial score (nSPS) is 11.5. The van der Waals surface area contributed by atoms with E-state index in [1.807, 2.05) is 6.07 Å². The van der Waals surface area contributed by atoms with Crippen molar-refractivity contribution in [3.8, 4) is 0 Å². The maximum atomic E-state index is 10.9. The highest BCUT2D eigenvalue weighted by atomic mass is 79.9. The third kappa shape index (κ3) is 6.67. The number of nitrogens with two attached hydrogens (primary N) is 2.